The maximum absolute atomic E-state index is 12.6. The molecule has 4 rings (SSSR count). The average Bonchev–Trinajstić information content (AvgIpc) is 2.99. The topological polar surface area (TPSA) is 72.3 Å². The number of pyridine rings is 1. The van der Waals surface area contributed by atoms with Gasteiger partial charge in [0.1, 0.15) is 5.82 Å². The molecule has 0 unspecified atom stereocenters. The van der Waals surface area contributed by atoms with Crippen LogP contribution in [0.4, 0.5) is 11.6 Å². The molecule has 3 aromatic rings. The molecular formula is C18H18ClN5O2. The number of nitrogens with zero attached hydrogens (tertiary/aromatic N) is 4. The third-order valence-corrected chi connectivity index (χ3v) is 4.72. The highest BCUT2D eigenvalue weighted by Crippen LogP contribution is 2.29. The molecule has 1 aromatic carbocycles. The van der Waals surface area contributed by atoms with Crippen LogP contribution in [0.15, 0.2) is 36.5 Å². The Morgan fingerprint density at radius 1 is 1.23 bits per heavy atom. The molecule has 7 nitrogen and oxygen atoms in total. The molecule has 3 heterocycles. The molecule has 0 bridgehead atoms. The summed E-state index contributed by atoms with van der Waals surface area (Å²) in [6, 6.07) is 9.15. The first-order chi connectivity index (χ1) is 12.6. The number of amides is 1. The van der Waals surface area contributed by atoms with Crippen molar-refractivity contribution in [3.05, 3.63) is 47.1 Å². The van der Waals surface area contributed by atoms with Gasteiger partial charge in [-0.05, 0) is 24.3 Å². The zero-order chi connectivity index (χ0) is 18.1. The van der Waals surface area contributed by atoms with Gasteiger partial charge in [-0.15, -0.1) is 0 Å². The predicted molar refractivity (Wildman–Crippen MR) is 101 cm³/mol. The zero-order valence-electron chi connectivity index (χ0n) is 14.3. The number of hydrogen-bond acceptors (Lipinski definition) is 5. The van der Waals surface area contributed by atoms with Crippen LogP contribution in [0.3, 0.4) is 0 Å². The number of hydrogen-bond donors (Lipinski definition) is 1. The smallest absolute Gasteiger partial charge is 0.258 e. The molecule has 0 atom stereocenters. The summed E-state index contributed by atoms with van der Waals surface area (Å²) in [6.07, 6.45) is 1.58. The van der Waals surface area contributed by atoms with Gasteiger partial charge in [0.05, 0.1) is 34.7 Å². The summed E-state index contributed by atoms with van der Waals surface area (Å²) in [5.74, 6) is 1.01. The highest BCUT2D eigenvalue weighted by Gasteiger charge is 2.17. The number of fused-ring (bicyclic) bond motifs is 1. The number of anilines is 2. The summed E-state index contributed by atoms with van der Waals surface area (Å²) in [6.45, 7) is 2.99. The summed E-state index contributed by atoms with van der Waals surface area (Å²) in [5.41, 5.74) is 1.32. The standard InChI is InChI=1S/C18H18ClN5O2/c1-23-14-4-2-3-13(19)16(14)17(22-23)21-18(25)12-5-6-15(20-11-12)24-7-9-26-10-8-24/h2-6,11H,7-10H2,1H3,(H,21,22,25). The number of morpholine rings is 1. The number of carbonyl (C=O) groups excluding carboxylic acids is 1. The lowest BCUT2D eigenvalue weighted by molar-refractivity contribution is 0.102. The van der Waals surface area contributed by atoms with Gasteiger partial charge in [-0.25, -0.2) is 4.98 Å². The van der Waals surface area contributed by atoms with Crippen LogP contribution in [0, 0.1) is 0 Å². The monoisotopic (exact) mass is 371 g/mol. The van der Waals surface area contributed by atoms with Crippen molar-refractivity contribution in [1.82, 2.24) is 14.8 Å². The minimum absolute atomic E-state index is 0.272. The largest absolute Gasteiger partial charge is 0.378 e. The minimum atomic E-state index is -0.272. The van der Waals surface area contributed by atoms with Crippen LogP contribution < -0.4 is 10.2 Å². The van der Waals surface area contributed by atoms with Gasteiger partial charge in [0.25, 0.3) is 5.91 Å². The Labute approximate surface area is 155 Å². The van der Waals surface area contributed by atoms with Gasteiger partial charge in [-0.2, -0.15) is 5.10 Å². The first kappa shape index (κ1) is 16.8. The highest BCUT2D eigenvalue weighted by molar-refractivity contribution is 6.36. The van der Waals surface area contributed by atoms with Crippen molar-refractivity contribution in [2.75, 3.05) is 36.5 Å². The molecule has 0 spiro atoms. The van der Waals surface area contributed by atoms with Crippen molar-refractivity contribution in [3.8, 4) is 0 Å². The minimum Gasteiger partial charge on any atom is -0.378 e. The molecular weight excluding hydrogens is 354 g/mol. The summed E-state index contributed by atoms with van der Waals surface area (Å²) < 4.78 is 7.03. The first-order valence-electron chi connectivity index (χ1n) is 8.35. The van der Waals surface area contributed by atoms with Gasteiger partial charge in [0.15, 0.2) is 5.82 Å². The fourth-order valence-corrected chi connectivity index (χ4v) is 3.30. The molecule has 1 saturated heterocycles. The second kappa shape index (κ2) is 6.93. The summed E-state index contributed by atoms with van der Waals surface area (Å²) in [5, 5.41) is 8.47. The van der Waals surface area contributed by atoms with E-state index in [1.54, 1.807) is 23.0 Å². The Bertz CT molecular complexity index is 948. The SMILES string of the molecule is Cn1nc(NC(=O)c2ccc(N3CCOCC3)nc2)c2c(Cl)cccc21. The molecule has 1 amide bonds. The van der Waals surface area contributed by atoms with Crippen LogP contribution in [0.2, 0.25) is 5.02 Å². The Morgan fingerprint density at radius 2 is 2.04 bits per heavy atom. The normalized spacial score (nSPS) is 14.6. The van der Waals surface area contributed by atoms with E-state index in [0.29, 0.717) is 29.6 Å². The van der Waals surface area contributed by atoms with Crippen LogP contribution >= 0.6 is 11.6 Å². The fraction of sp³-hybridized carbons (Fsp3) is 0.278. The molecule has 0 radical (unpaired) electrons. The van der Waals surface area contributed by atoms with E-state index < -0.39 is 0 Å². The quantitative estimate of drug-likeness (QED) is 0.766. The Morgan fingerprint density at radius 3 is 2.77 bits per heavy atom. The van der Waals surface area contributed by atoms with Crippen LogP contribution in [0.25, 0.3) is 10.9 Å². The molecule has 134 valence electrons. The number of benzene rings is 1. The van der Waals surface area contributed by atoms with E-state index >= 15 is 0 Å². The van der Waals surface area contributed by atoms with Crippen molar-refractivity contribution in [2.24, 2.45) is 7.05 Å². The Balaban J connectivity index is 1.55. The lowest BCUT2D eigenvalue weighted by Gasteiger charge is -2.27. The van der Waals surface area contributed by atoms with E-state index in [9.17, 15) is 4.79 Å². The molecule has 26 heavy (non-hydrogen) atoms. The fourth-order valence-electron chi connectivity index (χ4n) is 3.04. The van der Waals surface area contributed by atoms with E-state index in [1.165, 1.54) is 0 Å². The Kier molecular flexibility index (Phi) is 4.48. The van der Waals surface area contributed by atoms with Crippen molar-refractivity contribution in [1.29, 1.82) is 0 Å². The Hall–Kier alpha value is -2.64. The number of halogens is 1. The number of aromatic nitrogens is 3. The van der Waals surface area contributed by atoms with Crippen LogP contribution in [-0.4, -0.2) is 47.0 Å². The predicted octanol–water partition coefficient (Wildman–Crippen LogP) is 2.71. The van der Waals surface area contributed by atoms with Crippen LogP contribution in [0.5, 0.6) is 0 Å². The van der Waals surface area contributed by atoms with E-state index in [-0.39, 0.29) is 5.91 Å². The molecule has 1 N–H and O–H groups in total. The van der Waals surface area contributed by atoms with Gasteiger partial charge < -0.3 is 15.0 Å². The number of nitrogens with one attached hydrogen (secondary N) is 1. The highest BCUT2D eigenvalue weighted by atomic mass is 35.5. The van der Waals surface area contributed by atoms with Gasteiger partial charge in [-0.3, -0.25) is 9.48 Å². The second-order valence-electron chi connectivity index (χ2n) is 6.06. The molecule has 8 heteroatoms. The number of ether oxygens (including phenoxy) is 1. The molecule has 1 aliphatic heterocycles. The third kappa shape index (κ3) is 3.11. The van der Waals surface area contributed by atoms with Crippen LogP contribution in [0.1, 0.15) is 10.4 Å². The molecule has 0 saturated carbocycles. The van der Waals surface area contributed by atoms with Crippen molar-refractivity contribution >= 4 is 40.0 Å². The summed E-state index contributed by atoms with van der Waals surface area (Å²) >= 11 is 6.28. The maximum atomic E-state index is 12.6. The lowest BCUT2D eigenvalue weighted by atomic mass is 10.2. The lowest BCUT2D eigenvalue weighted by Crippen LogP contribution is -2.36. The van der Waals surface area contributed by atoms with E-state index in [1.807, 2.05) is 25.2 Å². The summed E-state index contributed by atoms with van der Waals surface area (Å²) in [4.78, 5) is 19.1. The third-order valence-electron chi connectivity index (χ3n) is 4.40. The number of rotatable bonds is 3. The molecule has 1 aliphatic rings. The zero-order valence-corrected chi connectivity index (χ0v) is 15.0. The van der Waals surface area contributed by atoms with Gasteiger partial charge in [0, 0.05) is 26.3 Å². The van der Waals surface area contributed by atoms with E-state index in [2.05, 4.69) is 20.3 Å². The van der Waals surface area contributed by atoms with Crippen molar-refractivity contribution < 1.29 is 9.53 Å². The molecule has 1 fully saturated rings. The molecule has 2 aromatic heterocycles. The number of aryl methyl sites for hydroxylation is 1. The maximum Gasteiger partial charge on any atom is 0.258 e. The second-order valence-corrected chi connectivity index (χ2v) is 6.47. The van der Waals surface area contributed by atoms with Crippen molar-refractivity contribution in [3.63, 3.8) is 0 Å². The van der Waals surface area contributed by atoms with E-state index in [0.717, 1.165) is 29.8 Å². The van der Waals surface area contributed by atoms with E-state index in [4.69, 9.17) is 16.3 Å². The molecule has 0 aliphatic carbocycles. The summed E-state index contributed by atoms with van der Waals surface area (Å²) in [7, 11) is 1.81. The first-order valence-corrected chi connectivity index (χ1v) is 8.72. The number of carbonyl (C=O) groups is 1. The average molecular weight is 372 g/mol. The van der Waals surface area contributed by atoms with Gasteiger partial charge in [-0.1, -0.05) is 17.7 Å². The van der Waals surface area contributed by atoms with Gasteiger partial charge >= 0.3 is 0 Å². The van der Waals surface area contributed by atoms with Crippen molar-refractivity contribution in [2.45, 2.75) is 0 Å². The van der Waals surface area contributed by atoms with Crippen LogP contribution in [-0.2, 0) is 11.8 Å². The van der Waals surface area contributed by atoms with Gasteiger partial charge in [0.2, 0.25) is 0 Å².